The molecule has 0 aliphatic heterocycles. The Morgan fingerprint density at radius 2 is 2.14 bits per heavy atom. The number of nitrogens with zero attached hydrogens (tertiary/aromatic N) is 2. The number of hydrogen-bond acceptors (Lipinski definition) is 6. The highest BCUT2D eigenvalue weighted by Gasteiger charge is 2.17. The number of ketones is 1. The molecule has 0 aliphatic carbocycles. The van der Waals surface area contributed by atoms with E-state index in [1.165, 1.54) is 32.2 Å². The van der Waals surface area contributed by atoms with E-state index in [4.69, 9.17) is 21.1 Å². The van der Waals surface area contributed by atoms with Crippen LogP contribution < -0.4 is 9.47 Å². The Morgan fingerprint density at radius 1 is 1.33 bits per heavy atom. The van der Waals surface area contributed by atoms with Gasteiger partial charge < -0.3 is 9.47 Å². The third-order valence-electron chi connectivity index (χ3n) is 2.55. The van der Waals surface area contributed by atoms with Gasteiger partial charge in [-0.05, 0) is 18.2 Å². The van der Waals surface area contributed by atoms with E-state index >= 15 is 0 Å². The van der Waals surface area contributed by atoms with Crippen molar-refractivity contribution >= 4 is 29.1 Å². The van der Waals surface area contributed by atoms with Gasteiger partial charge in [0.2, 0.25) is 11.8 Å². The second-order valence-corrected chi connectivity index (χ2v) is 5.42. The van der Waals surface area contributed by atoms with Gasteiger partial charge in [-0.1, -0.05) is 17.7 Å². The van der Waals surface area contributed by atoms with Gasteiger partial charge in [0, 0.05) is 9.92 Å². The van der Waals surface area contributed by atoms with Crippen molar-refractivity contribution in [1.29, 1.82) is 0 Å². The lowest BCUT2D eigenvalue weighted by Crippen LogP contribution is -2.09. The maximum atomic E-state index is 12.2. The van der Waals surface area contributed by atoms with E-state index in [9.17, 15) is 4.79 Å². The topological polar surface area (TPSA) is 61.3 Å². The highest BCUT2D eigenvalue weighted by atomic mass is 35.5. The maximum absolute atomic E-state index is 12.2. The maximum Gasteiger partial charge on any atom is 0.246 e. The fraction of sp³-hybridized carbons (Fsp3) is 0.214. The van der Waals surface area contributed by atoms with Gasteiger partial charge >= 0.3 is 0 Å². The molecule has 0 bridgehead atoms. The summed E-state index contributed by atoms with van der Waals surface area (Å²) in [5.41, 5.74) is 0.188. The minimum absolute atomic E-state index is 0.158. The number of rotatable bonds is 6. The van der Waals surface area contributed by atoms with Crippen LogP contribution in [0.4, 0.5) is 0 Å². The summed E-state index contributed by atoms with van der Waals surface area (Å²) in [4.78, 5) is 21.2. The smallest absolute Gasteiger partial charge is 0.246 e. The fourth-order valence-electron chi connectivity index (χ4n) is 1.56. The minimum atomic E-state index is -0.174. The van der Waals surface area contributed by atoms with Gasteiger partial charge in [0.1, 0.15) is 0 Å². The molecule has 0 spiro atoms. The van der Waals surface area contributed by atoms with Crippen molar-refractivity contribution in [3.05, 3.63) is 41.2 Å². The molecule has 0 amide bonds. The molecule has 2 aromatic rings. The molecule has 0 unspecified atom stereocenters. The Kier molecular flexibility index (Phi) is 5.41. The Labute approximate surface area is 131 Å². The van der Waals surface area contributed by atoms with Crippen LogP contribution in [0, 0.1) is 0 Å². The Bertz CT molecular complexity index is 652. The molecule has 0 saturated heterocycles. The second kappa shape index (κ2) is 7.28. The van der Waals surface area contributed by atoms with Crippen LogP contribution in [0.25, 0.3) is 0 Å². The SMILES string of the molecule is COc1cnc(C(=O)CSc2cccc(Cl)c2)c(OC)n1. The largest absolute Gasteiger partial charge is 0.480 e. The number of Topliss-reactive ketones (excluding diaryl/α,β-unsaturated/α-hetero) is 1. The highest BCUT2D eigenvalue weighted by molar-refractivity contribution is 8.00. The zero-order valence-corrected chi connectivity index (χ0v) is 13.1. The van der Waals surface area contributed by atoms with Crippen LogP contribution in [0.15, 0.2) is 35.4 Å². The number of carbonyl (C=O) groups is 1. The predicted octanol–water partition coefficient (Wildman–Crippen LogP) is 3.12. The van der Waals surface area contributed by atoms with E-state index in [-0.39, 0.29) is 23.1 Å². The van der Waals surface area contributed by atoms with E-state index in [0.29, 0.717) is 10.9 Å². The molecule has 0 atom stereocenters. The first-order chi connectivity index (χ1) is 10.1. The average Bonchev–Trinajstić information content (AvgIpc) is 2.52. The van der Waals surface area contributed by atoms with Crippen LogP contribution in [0.1, 0.15) is 10.5 Å². The average molecular weight is 325 g/mol. The van der Waals surface area contributed by atoms with Gasteiger partial charge in [-0.25, -0.2) is 4.98 Å². The van der Waals surface area contributed by atoms with Crippen molar-refractivity contribution < 1.29 is 14.3 Å². The number of aromatic nitrogens is 2. The lowest BCUT2D eigenvalue weighted by molar-refractivity contribution is 0.101. The molecule has 1 aromatic carbocycles. The summed E-state index contributed by atoms with van der Waals surface area (Å²) in [6.45, 7) is 0. The van der Waals surface area contributed by atoms with E-state index in [0.717, 1.165) is 4.90 Å². The van der Waals surface area contributed by atoms with Crippen molar-refractivity contribution in [3.8, 4) is 11.8 Å². The van der Waals surface area contributed by atoms with Crippen LogP contribution in [0.2, 0.25) is 5.02 Å². The molecule has 5 nitrogen and oxygen atoms in total. The number of halogens is 1. The quantitative estimate of drug-likeness (QED) is 0.601. The van der Waals surface area contributed by atoms with E-state index in [2.05, 4.69) is 9.97 Å². The van der Waals surface area contributed by atoms with Gasteiger partial charge in [-0.2, -0.15) is 4.98 Å². The second-order valence-electron chi connectivity index (χ2n) is 3.94. The number of carbonyl (C=O) groups excluding carboxylic acids is 1. The van der Waals surface area contributed by atoms with Crippen molar-refractivity contribution in [2.45, 2.75) is 4.90 Å². The van der Waals surface area contributed by atoms with Gasteiger partial charge in [0.15, 0.2) is 11.5 Å². The minimum Gasteiger partial charge on any atom is -0.480 e. The molecule has 0 saturated carbocycles. The Hall–Kier alpha value is -1.79. The van der Waals surface area contributed by atoms with Crippen molar-refractivity contribution in [2.75, 3.05) is 20.0 Å². The molecule has 1 aromatic heterocycles. The number of benzene rings is 1. The number of ether oxygens (including phenoxy) is 2. The number of methoxy groups -OCH3 is 2. The summed E-state index contributed by atoms with van der Waals surface area (Å²) in [5.74, 6) is 0.501. The van der Waals surface area contributed by atoms with E-state index in [1.54, 1.807) is 12.1 Å². The molecule has 2 rings (SSSR count). The summed E-state index contributed by atoms with van der Waals surface area (Å²) in [6, 6.07) is 7.31. The first kappa shape index (κ1) is 15.6. The van der Waals surface area contributed by atoms with E-state index in [1.807, 2.05) is 12.1 Å². The third kappa shape index (κ3) is 4.09. The lowest BCUT2D eigenvalue weighted by Gasteiger charge is -2.07. The van der Waals surface area contributed by atoms with Crippen molar-refractivity contribution in [2.24, 2.45) is 0 Å². The molecule has 0 radical (unpaired) electrons. The molecule has 7 heteroatoms. The third-order valence-corrected chi connectivity index (χ3v) is 3.78. The van der Waals surface area contributed by atoms with E-state index < -0.39 is 0 Å². The lowest BCUT2D eigenvalue weighted by atomic mass is 10.3. The molecule has 0 fully saturated rings. The van der Waals surface area contributed by atoms with Crippen LogP contribution in [0.5, 0.6) is 11.8 Å². The highest BCUT2D eigenvalue weighted by Crippen LogP contribution is 2.24. The first-order valence-corrected chi connectivity index (χ1v) is 7.37. The summed E-state index contributed by atoms with van der Waals surface area (Å²) < 4.78 is 10.0. The monoisotopic (exact) mass is 324 g/mol. The molecule has 0 aliphatic rings. The number of hydrogen-bond donors (Lipinski definition) is 0. The zero-order valence-electron chi connectivity index (χ0n) is 11.5. The predicted molar refractivity (Wildman–Crippen MR) is 81.6 cm³/mol. The summed E-state index contributed by atoms with van der Waals surface area (Å²) in [7, 11) is 2.91. The molecular weight excluding hydrogens is 312 g/mol. The van der Waals surface area contributed by atoms with Gasteiger partial charge in [-0.3, -0.25) is 4.79 Å². The molecular formula is C14H13ClN2O3S. The summed E-state index contributed by atoms with van der Waals surface area (Å²) in [5, 5.41) is 0.634. The van der Waals surface area contributed by atoms with Gasteiger partial charge in [0.25, 0.3) is 0 Å². The van der Waals surface area contributed by atoms with Crippen LogP contribution >= 0.6 is 23.4 Å². The van der Waals surface area contributed by atoms with Crippen LogP contribution in [0.3, 0.4) is 0 Å². The summed E-state index contributed by atoms with van der Waals surface area (Å²) >= 11 is 7.28. The molecule has 21 heavy (non-hydrogen) atoms. The normalized spacial score (nSPS) is 10.2. The summed E-state index contributed by atoms with van der Waals surface area (Å²) in [6.07, 6.45) is 1.39. The fourth-order valence-corrected chi connectivity index (χ4v) is 2.64. The van der Waals surface area contributed by atoms with Crippen molar-refractivity contribution in [1.82, 2.24) is 9.97 Å². The first-order valence-electron chi connectivity index (χ1n) is 6.00. The van der Waals surface area contributed by atoms with Crippen LogP contribution in [-0.2, 0) is 0 Å². The number of thioether (sulfide) groups is 1. The van der Waals surface area contributed by atoms with Crippen molar-refractivity contribution in [3.63, 3.8) is 0 Å². The Balaban J connectivity index is 2.10. The van der Waals surface area contributed by atoms with Gasteiger partial charge in [-0.15, -0.1) is 11.8 Å². The Morgan fingerprint density at radius 3 is 2.81 bits per heavy atom. The zero-order chi connectivity index (χ0) is 15.2. The molecule has 0 N–H and O–H groups in total. The molecule has 1 heterocycles. The standard InChI is InChI=1S/C14H13ClN2O3S/c1-19-12-7-16-13(14(17-12)20-2)11(18)8-21-10-5-3-4-9(15)6-10/h3-7H,8H2,1-2H3. The van der Waals surface area contributed by atoms with Gasteiger partial charge in [0.05, 0.1) is 26.2 Å². The van der Waals surface area contributed by atoms with Crippen LogP contribution in [-0.4, -0.2) is 35.7 Å². The molecule has 110 valence electrons.